The van der Waals surface area contributed by atoms with Gasteiger partial charge in [0.1, 0.15) is 0 Å². The first-order valence-electron chi connectivity index (χ1n) is 5.64. The van der Waals surface area contributed by atoms with Crippen LogP contribution in [0.25, 0.3) is 0 Å². The molecule has 5 heteroatoms. The van der Waals surface area contributed by atoms with E-state index in [-0.39, 0.29) is 6.04 Å². The predicted molar refractivity (Wildman–Crippen MR) is 90.3 cm³/mol. The smallest absolute Gasteiger partial charge is 0.0644 e. The topological polar surface area (TPSA) is 12.0 Å². The second-order valence-electron chi connectivity index (χ2n) is 4.13. The van der Waals surface area contributed by atoms with E-state index in [2.05, 4.69) is 37.2 Å². The van der Waals surface area contributed by atoms with Crippen LogP contribution in [0.4, 0.5) is 5.69 Å². The lowest BCUT2D eigenvalue weighted by atomic mass is 10.1. The van der Waals surface area contributed by atoms with Crippen molar-refractivity contribution in [3.05, 3.63) is 61.0 Å². The molecule has 2 aromatic rings. The van der Waals surface area contributed by atoms with E-state index in [1.54, 1.807) is 6.07 Å². The van der Waals surface area contributed by atoms with Gasteiger partial charge in [-0.2, -0.15) is 0 Å². The first-order valence-corrected chi connectivity index (χ1v) is 7.98. The number of anilines is 1. The molecule has 0 bridgehead atoms. The Labute approximate surface area is 139 Å². The molecule has 0 heterocycles. The molecule has 0 amide bonds. The Morgan fingerprint density at radius 2 is 1.84 bits per heavy atom. The Bertz CT molecular complexity index is 602. The molecule has 2 rings (SSSR count). The summed E-state index contributed by atoms with van der Waals surface area (Å²) in [5.74, 6) is 0. The lowest BCUT2D eigenvalue weighted by Gasteiger charge is -2.18. The maximum Gasteiger partial charge on any atom is 0.0644 e. The summed E-state index contributed by atoms with van der Waals surface area (Å²) in [6.07, 6.45) is 0. The molecular formula is C14H11Br2Cl2N. The lowest BCUT2D eigenvalue weighted by molar-refractivity contribution is 0.884. The highest BCUT2D eigenvalue weighted by Crippen LogP contribution is 2.33. The highest BCUT2D eigenvalue weighted by atomic mass is 79.9. The van der Waals surface area contributed by atoms with Crippen molar-refractivity contribution in [3.63, 3.8) is 0 Å². The summed E-state index contributed by atoms with van der Waals surface area (Å²) in [5, 5.41) is 4.58. The third kappa shape index (κ3) is 3.66. The maximum absolute atomic E-state index is 6.23. The molecule has 1 unspecified atom stereocenters. The predicted octanol–water partition coefficient (Wildman–Crippen LogP) is 6.69. The Balaban J connectivity index is 2.25. The summed E-state index contributed by atoms with van der Waals surface area (Å²) in [5.41, 5.74) is 1.98. The molecule has 0 saturated heterocycles. The van der Waals surface area contributed by atoms with E-state index < -0.39 is 0 Å². The van der Waals surface area contributed by atoms with Crippen LogP contribution in [0.5, 0.6) is 0 Å². The number of hydrogen-bond acceptors (Lipinski definition) is 1. The van der Waals surface area contributed by atoms with Crippen LogP contribution in [0, 0.1) is 0 Å². The fourth-order valence-electron chi connectivity index (χ4n) is 1.77. The number of hydrogen-bond donors (Lipinski definition) is 1. The zero-order valence-electron chi connectivity index (χ0n) is 10.1. The third-order valence-corrected chi connectivity index (χ3v) is 4.73. The van der Waals surface area contributed by atoms with Gasteiger partial charge in [-0.05, 0) is 52.7 Å². The van der Waals surface area contributed by atoms with Crippen molar-refractivity contribution in [1.82, 2.24) is 0 Å². The van der Waals surface area contributed by atoms with E-state index in [0.717, 1.165) is 20.2 Å². The molecule has 19 heavy (non-hydrogen) atoms. The first kappa shape index (κ1) is 15.2. The Morgan fingerprint density at radius 1 is 1.11 bits per heavy atom. The van der Waals surface area contributed by atoms with Gasteiger partial charge in [0.2, 0.25) is 0 Å². The molecule has 0 fully saturated rings. The summed E-state index contributed by atoms with van der Waals surface area (Å²) in [6.45, 7) is 2.05. The molecule has 0 aliphatic heterocycles. The van der Waals surface area contributed by atoms with Gasteiger partial charge in [-0.3, -0.25) is 0 Å². The quantitative estimate of drug-likeness (QED) is 0.579. The number of benzene rings is 2. The minimum atomic E-state index is 0.0590. The van der Waals surface area contributed by atoms with Crippen molar-refractivity contribution in [1.29, 1.82) is 0 Å². The molecule has 0 aliphatic rings. The van der Waals surface area contributed by atoms with Crippen LogP contribution in [0.1, 0.15) is 18.5 Å². The van der Waals surface area contributed by atoms with Gasteiger partial charge < -0.3 is 5.32 Å². The van der Waals surface area contributed by atoms with E-state index in [0.29, 0.717) is 10.0 Å². The fourth-order valence-corrected chi connectivity index (χ4v) is 3.41. The summed E-state index contributed by atoms with van der Waals surface area (Å²) in [6, 6.07) is 11.7. The summed E-state index contributed by atoms with van der Waals surface area (Å²) in [4.78, 5) is 0. The van der Waals surface area contributed by atoms with Crippen LogP contribution in [0.2, 0.25) is 10.0 Å². The molecule has 2 aromatic carbocycles. The third-order valence-electron chi connectivity index (χ3n) is 2.75. The van der Waals surface area contributed by atoms with E-state index in [4.69, 9.17) is 23.2 Å². The Morgan fingerprint density at radius 3 is 2.53 bits per heavy atom. The van der Waals surface area contributed by atoms with Crippen LogP contribution in [-0.4, -0.2) is 0 Å². The van der Waals surface area contributed by atoms with E-state index in [1.165, 1.54) is 0 Å². The molecule has 0 spiro atoms. The van der Waals surface area contributed by atoms with Gasteiger partial charge in [0.15, 0.2) is 0 Å². The summed E-state index contributed by atoms with van der Waals surface area (Å²) >= 11 is 19.2. The standard InChI is InChI=1S/C14H11Br2Cl2N/c1-8(10-3-2-4-12(17)14(10)18)19-13-6-5-9(15)7-11(13)16/h2-8,19H,1H3. The van der Waals surface area contributed by atoms with Crippen molar-refractivity contribution >= 4 is 60.7 Å². The van der Waals surface area contributed by atoms with Gasteiger partial charge in [-0.15, -0.1) is 0 Å². The molecule has 0 saturated carbocycles. The maximum atomic E-state index is 6.23. The molecule has 1 N–H and O–H groups in total. The van der Waals surface area contributed by atoms with Gasteiger partial charge in [0.25, 0.3) is 0 Å². The average molecular weight is 424 g/mol. The summed E-state index contributed by atoms with van der Waals surface area (Å²) in [7, 11) is 0. The highest BCUT2D eigenvalue weighted by molar-refractivity contribution is 9.11. The zero-order chi connectivity index (χ0) is 14.0. The summed E-state index contributed by atoms with van der Waals surface area (Å²) < 4.78 is 2.02. The van der Waals surface area contributed by atoms with Crippen LogP contribution < -0.4 is 5.32 Å². The fraction of sp³-hybridized carbons (Fsp3) is 0.143. The molecular weight excluding hydrogens is 413 g/mol. The van der Waals surface area contributed by atoms with E-state index in [1.807, 2.05) is 37.3 Å². The highest BCUT2D eigenvalue weighted by Gasteiger charge is 2.12. The van der Waals surface area contributed by atoms with Crippen molar-refractivity contribution in [2.24, 2.45) is 0 Å². The normalized spacial score (nSPS) is 12.3. The van der Waals surface area contributed by atoms with Gasteiger partial charge in [0, 0.05) is 14.6 Å². The second-order valence-corrected chi connectivity index (χ2v) is 6.69. The monoisotopic (exact) mass is 421 g/mol. The zero-order valence-corrected chi connectivity index (χ0v) is 14.7. The first-order chi connectivity index (χ1) is 8.99. The Kier molecular flexibility index (Phi) is 5.18. The number of nitrogens with one attached hydrogen (secondary N) is 1. The lowest BCUT2D eigenvalue weighted by Crippen LogP contribution is -2.07. The van der Waals surface area contributed by atoms with Crippen LogP contribution in [-0.2, 0) is 0 Å². The molecule has 0 aliphatic carbocycles. The minimum Gasteiger partial charge on any atom is -0.378 e. The molecule has 100 valence electrons. The minimum absolute atomic E-state index is 0.0590. The molecule has 0 radical (unpaired) electrons. The van der Waals surface area contributed by atoms with E-state index in [9.17, 15) is 0 Å². The largest absolute Gasteiger partial charge is 0.378 e. The number of halogens is 4. The van der Waals surface area contributed by atoms with Gasteiger partial charge >= 0.3 is 0 Å². The molecule has 1 nitrogen and oxygen atoms in total. The van der Waals surface area contributed by atoms with Gasteiger partial charge in [0.05, 0.1) is 16.1 Å². The van der Waals surface area contributed by atoms with E-state index >= 15 is 0 Å². The Hall–Kier alpha value is -0.220. The van der Waals surface area contributed by atoms with Crippen LogP contribution >= 0.6 is 55.1 Å². The number of rotatable bonds is 3. The van der Waals surface area contributed by atoms with Crippen molar-refractivity contribution in [2.45, 2.75) is 13.0 Å². The van der Waals surface area contributed by atoms with Crippen molar-refractivity contribution in [2.75, 3.05) is 5.32 Å². The molecule has 0 aromatic heterocycles. The van der Waals surface area contributed by atoms with Crippen LogP contribution in [0.3, 0.4) is 0 Å². The van der Waals surface area contributed by atoms with Crippen molar-refractivity contribution < 1.29 is 0 Å². The SMILES string of the molecule is CC(Nc1ccc(Br)cc1Br)c1cccc(Cl)c1Cl. The van der Waals surface area contributed by atoms with Gasteiger partial charge in [-0.1, -0.05) is 51.3 Å². The van der Waals surface area contributed by atoms with Gasteiger partial charge in [-0.25, -0.2) is 0 Å². The molecule has 1 atom stereocenters. The van der Waals surface area contributed by atoms with Crippen molar-refractivity contribution in [3.8, 4) is 0 Å². The second kappa shape index (κ2) is 6.49. The average Bonchev–Trinajstić information content (AvgIpc) is 2.36. The van der Waals surface area contributed by atoms with Crippen LogP contribution in [0.15, 0.2) is 45.3 Å².